The quantitative estimate of drug-likeness (QED) is 0.891. The summed E-state index contributed by atoms with van der Waals surface area (Å²) in [4.78, 5) is 35.3. The number of amides is 1. The highest BCUT2D eigenvalue weighted by Crippen LogP contribution is 2.29. The number of aryl methyl sites for hydroxylation is 2. The number of carboxylic acids is 1. The molecule has 2 aromatic rings. The van der Waals surface area contributed by atoms with Gasteiger partial charge >= 0.3 is 5.97 Å². The number of aromatic carboxylic acids is 1. The molecule has 7 nitrogen and oxygen atoms in total. The Labute approximate surface area is 137 Å². The molecule has 3 rings (SSSR count). The maximum absolute atomic E-state index is 12.3. The number of Topliss-reactive ketones (excluding diaryl/α,β-unsaturated/α-hetero) is 1. The lowest BCUT2D eigenvalue weighted by molar-refractivity contribution is 0.0694. The van der Waals surface area contributed by atoms with E-state index >= 15 is 0 Å². The van der Waals surface area contributed by atoms with Gasteiger partial charge in [-0.25, -0.2) is 4.79 Å². The van der Waals surface area contributed by atoms with Crippen LogP contribution in [0.5, 0.6) is 0 Å². The van der Waals surface area contributed by atoms with Crippen molar-refractivity contribution >= 4 is 17.7 Å². The molecule has 7 heteroatoms. The standard InChI is InChI=1S/C17H17NO6/c1-8-14-12(19)4-3-5-13(14)24-15(8)16(20)18-7-10-6-11(17(21)22)9(2)23-10/h6H,3-5,7H2,1-2H3,(H,18,20)(H,21,22). The molecule has 24 heavy (non-hydrogen) atoms. The Morgan fingerprint density at radius 3 is 2.62 bits per heavy atom. The molecule has 1 aliphatic carbocycles. The van der Waals surface area contributed by atoms with Gasteiger partial charge in [0.1, 0.15) is 22.8 Å². The number of carboxylic acid groups (broad SMARTS) is 1. The molecule has 2 aromatic heterocycles. The van der Waals surface area contributed by atoms with E-state index in [1.54, 1.807) is 13.8 Å². The molecule has 126 valence electrons. The first-order chi connectivity index (χ1) is 11.4. The van der Waals surface area contributed by atoms with E-state index < -0.39 is 11.9 Å². The second-order valence-electron chi connectivity index (χ2n) is 5.80. The van der Waals surface area contributed by atoms with Crippen molar-refractivity contribution < 1.29 is 28.3 Å². The smallest absolute Gasteiger partial charge is 0.339 e. The summed E-state index contributed by atoms with van der Waals surface area (Å²) in [7, 11) is 0. The number of rotatable bonds is 4. The largest absolute Gasteiger partial charge is 0.478 e. The minimum Gasteiger partial charge on any atom is -0.478 e. The average molecular weight is 331 g/mol. The van der Waals surface area contributed by atoms with Gasteiger partial charge in [-0.3, -0.25) is 9.59 Å². The molecule has 0 spiro atoms. The topological polar surface area (TPSA) is 110 Å². The molecule has 0 atom stereocenters. The van der Waals surface area contributed by atoms with Gasteiger partial charge in [0, 0.05) is 18.4 Å². The third-order valence-corrected chi connectivity index (χ3v) is 4.13. The van der Waals surface area contributed by atoms with E-state index in [-0.39, 0.29) is 29.4 Å². The molecule has 1 aliphatic rings. The average Bonchev–Trinajstić information content (AvgIpc) is 3.06. The van der Waals surface area contributed by atoms with Gasteiger partial charge in [-0.1, -0.05) is 0 Å². The Morgan fingerprint density at radius 2 is 2.00 bits per heavy atom. The maximum Gasteiger partial charge on any atom is 0.339 e. The number of ketones is 1. The number of carbonyl (C=O) groups is 3. The van der Waals surface area contributed by atoms with Crippen molar-refractivity contribution in [2.45, 2.75) is 39.7 Å². The molecule has 2 heterocycles. The van der Waals surface area contributed by atoms with Gasteiger partial charge in [-0.05, 0) is 26.3 Å². The molecule has 0 unspecified atom stereocenters. The lowest BCUT2D eigenvalue weighted by Gasteiger charge is -2.07. The fraction of sp³-hybridized carbons (Fsp3) is 0.353. The molecule has 0 aromatic carbocycles. The van der Waals surface area contributed by atoms with Crippen molar-refractivity contribution in [2.24, 2.45) is 0 Å². The monoisotopic (exact) mass is 331 g/mol. The van der Waals surface area contributed by atoms with Crippen LogP contribution in [0.15, 0.2) is 14.9 Å². The van der Waals surface area contributed by atoms with Crippen LogP contribution in [-0.4, -0.2) is 22.8 Å². The van der Waals surface area contributed by atoms with Gasteiger partial charge in [0.15, 0.2) is 11.5 Å². The number of fused-ring (bicyclic) bond motifs is 1. The zero-order chi connectivity index (χ0) is 17.4. The summed E-state index contributed by atoms with van der Waals surface area (Å²) in [5, 5.41) is 11.6. The second-order valence-corrected chi connectivity index (χ2v) is 5.80. The van der Waals surface area contributed by atoms with E-state index in [4.69, 9.17) is 13.9 Å². The molecule has 2 N–H and O–H groups in total. The Morgan fingerprint density at radius 1 is 1.25 bits per heavy atom. The third-order valence-electron chi connectivity index (χ3n) is 4.13. The highest BCUT2D eigenvalue weighted by Gasteiger charge is 2.28. The zero-order valence-corrected chi connectivity index (χ0v) is 13.4. The van der Waals surface area contributed by atoms with Gasteiger partial charge in [-0.2, -0.15) is 0 Å². The number of hydrogen-bond donors (Lipinski definition) is 2. The molecule has 0 aliphatic heterocycles. The minimum atomic E-state index is -1.08. The van der Waals surface area contributed by atoms with Crippen LogP contribution in [0, 0.1) is 13.8 Å². The van der Waals surface area contributed by atoms with E-state index in [9.17, 15) is 14.4 Å². The van der Waals surface area contributed by atoms with Crippen LogP contribution >= 0.6 is 0 Å². The molecule has 0 saturated heterocycles. The maximum atomic E-state index is 12.3. The number of hydrogen-bond acceptors (Lipinski definition) is 5. The van der Waals surface area contributed by atoms with Crippen LogP contribution in [0.4, 0.5) is 0 Å². The normalized spacial score (nSPS) is 13.7. The van der Waals surface area contributed by atoms with E-state index in [0.717, 1.165) is 6.42 Å². The van der Waals surface area contributed by atoms with Crippen molar-refractivity contribution in [2.75, 3.05) is 0 Å². The highest BCUT2D eigenvalue weighted by atomic mass is 16.4. The lowest BCUT2D eigenvalue weighted by atomic mass is 9.94. The van der Waals surface area contributed by atoms with Gasteiger partial charge in [0.2, 0.25) is 0 Å². The molecular formula is C17H17NO6. The Kier molecular flexibility index (Phi) is 4.01. The zero-order valence-electron chi connectivity index (χ0n) is 13.4. The summed E-state index contributed by atoms with van der Waals surface area (Å²) >= 11 is 0. The van der Waals surface area contributed by atoms with Crippen LogP contribution < -0.4 is 5.32 Å². The summed E-state index contributed by atoms with van der Waals surface area (Å²) < 4.78 is 10.9. The van der Waals surface area contributed by atoms with Crippen LogP contribution in [0.2, 0.25) is 0 Å². The predicted octanol–water partition coefficient (Wildman–Crippen LogP) is 2.64. The van der Waals surface area contributed by atoms with E-state index in [0.29, 0.717) is 35.5 Å². The van der Waals surface area contributed by atoms with Crippen LogP contribution in [-0.2, 0) is 13.0 Å². The van der Waals surface area contributed by atoms with Crippen molar-refractivity contribution in [1.29, 1.82) is 0 Å². The predicted molar refractivity (Wildman–Crippen MR) is 82.3 cm³/mol. The fourth-order valence-corrected chi connectivity index (χ4v) is 2.96. The van der Waals surface area contributed by atoms with Crippen molar-refractivity contribution in [3.05, 3.63) is 45.8 Å². The third kappa shape index (κ3) is 2.73. The first-order valence-corrected chi connectivity index (χ1v) is 7.64. The van der Waals surface area contributed by atoms with Gasteiger partial charge in [0.05, 0.1) is 12.1 Å². The molecule has 0 fully saturated rings. The molecular weight excluding hydrogens is 314 g/mol. The lowest BCUT2D eigenvalue weighted by Crippen LogP contribution is -2.23. The summed E-state index contributed by atoms with van der Waals surface area (Å²) in [5.74, 6) is -0.231. The summed E-state index contributed by atoms with van der Waals surface area (Å²) in [6, 6.07) is 1.38. The Bertz CT molecular complexity index is 842. The highest BCUT2D eigenvalue weighted by molar-refractivity contribution is 6.03. The van der Waals surface area contributed by atoms with Gasteiger partial charge in [-0.15, -0.1) is 0 Å². The van der Waals surface area contributed by atoms with E-state index in [1.165, 1.54) is 6.07 Å². The molecule has 0 saturated carbocycles. The fourth-order valence-electron chi connectivity index (χ4n) is 2.96. The molecule has 0 bridgehead atoms. The van der Waals surface area contributed by atoms with Crippen molar-refractivity contribution in [1.82, 2.24) is 5.32 Å². The number of nitrogens with one attached hydrogen (secondary N) is 1. The van der Waals surface area contributed by atoms with Crippen LogP contribution in [0.1, 0.15) is 67.0 Å². The van der Waals surface area contributed by atoms with Crippen LogP contribution in [0.25, 0.3) is 0 Å². The SMILES string of the molecule is Cc1oc(CNC(=O)c2oc3c(c2C)C(=O)CCC3)cc1C(=O)O. The first kappa shape index (κ1) is 16.0. The van der Waals surface area contributed by atoms with E-state index in [2.05, 4.69) is 5.32 Å². The number of carbonyl (C=O) groups excluding carboxylic acids is 2. The van der Waals surface area contributed by atoms with Gasteiger partial charge < -0.3 is 19.3 Å². The summed E-state index contributed by atoms with van der Waals surface area (Å²) in [6.45, 7) is 3.27. The van der Waals surface area contributed by atoms with Crippen molar-refractivity contribution in [3.8, 4) is 0 Å². The second kappa shape index (κ2) is 5.99. The minimum absolute atomic E-state index is 0.00399. The summed E-state index contributed by atoms with van der Waals surface area (Å²) in [5.41, 5.74) is 1.14. The van der Waals surface area contributed by atoms with Gasteiger partial charge in [0.25, 0.3) is 5.91 Å². The summed E-state index contributed by atoms with van der Waals surface area (Å²) in [6.07, 6.45) is 1.84. The first-order valence-electron chi connectivity index (χ1n) is 7.64. The Hall–Kier alpha value is -2.83. The molecule has 0 radical (unpaired) electrons. The van der Waals surface area contributed by atoms with E-state index in [1.807, 2.05) is 0 Å². The number of furan rings is 2. The molecule has 1 amide bonds. The van der Waals surface area contributed by atoms with Crippen LogP contribution in [0.3, 0.4) is 0 Å². The van der Waals surface area contributed by atoms with Crippen molar-refractivity contribution in [3.63, 3.8) is 0 Å². The Balaban J connectivity index is 1.75.